The number of hydroxylamine groups is 1. The van der Waals surface area contributed by atoms with E-state index < -0.39 is 12.0 Å². The molecule has 0 saturated carbocycles. The number of aryl methyl sites for hydroxylation is 2. The Hall–Kier alpha value is -2.96. The molecule has 0 aliphatic carbocycles. The van der Waals surface area contributed by atoms with E-state index >= 15 is 0 Å². The summed E-state index contributed by atoms with van der Waals surface area (Å²) in [6, 6.07) is 18.9. The normalized spacial score (nSPS) is 23.7. The van der Waals surface area contributed by atoms with Crippen molar-refractivity contribution in [3.8, 4) is 0 Å². The number of rotatable bonds is 3. The number of para-hydroxylation sites is 1. The van der Waals surface area contributed by atoms with Crippen LogP contribution in [0.2, 0.25) is 0 Å². The van der Waals surface area contributed by atoms with Crippen molar-refractivity contribution in [1.29, 1.82) is 0 Å². The van der Waals surface area contributed by atoms with Gasteiger partial charge < -0.3 is 0 Å². The van der Waals surface area contributed by atoms with Gasteiger partial charge in [0.05, 0.1) is 11.4 Å². The number of benzene rings is 2. The fourth-order valence-electron chi connectivity index (χ4n) is 4.20. The van der Waals surface area contributed by atoms with Crippen molar-refractivity contribution in [2.75, 3.05) is 9.96 Å². The molecule has 29 heavy (non-hydrogen) atoms. The van der Waals surface area contributed by atoms with E-state index in [4.69, 9.17) is 4.84 Å². The lowest BCUT2D eigenvalue weighted by Crippen LogP contribution is -2.37. The van der Waals surface area contributed by atoms with Gasteiger partial charge in [0.1, 0.15) is 12.0 Å². The van der Waals surface area contributed by atoms with Gasteiger partial charge in [-0.3, -0.25) is 14.4 Å². The van der Waals surface area contributed by atoms with Gasteiger partial charge in [-0.15, -0.1) is 11.3 Å². The zero-order chi connectivity index (χ0) is 20.1. The van der Waals surface area contributed by atoms with Crippen molar-refractivity contribution in [3.05, 3.63) is 82.0 Å². The summed E-state index contributed by atoms with van der Waals surface area (Å²) in [5, 5.41) is 3.75. The third kappa shape index (κ3) is 2.79. The van der Waals surface area contributed by atoms with Crippen molar-refractivity contribution in [3.63, 3.8) is 0 Å². The van der Waals surface area contributed by atoms with E-state index in [1.165, 1.54) is 4.90 Å². The average Bonchev–Trinajstić information content (AvgIpc) is 3.40. The molecule has 6 heteroatoms. The summed E-state index contributed by atoms with van der Waals surface area (Å²) < 4.78 is 0. The number of imide groups is 1. The molecule has 2 aliphatic heterocycles. The first-order valence-electron chi connectivity index (χ1n) is 9.56. The van der Waals surface area contributed by atoms with E-state index in [2.05, 4.69) is 0 Å². The number of hydrogen-bond acceptors (Lipinski definition) is 5. The molecule has 2 saturated heterocycles. The van der Waals surface area contributed by atoms with E-state index in [9.17, 15) is 9.59 Å². The van der Waals surface area contributed by atoms with Crippen LogP contribution >= 0.6 is 11.3 Å². The average molecular weight is 404 g/mol. The van der Waals surface area contributed by atoms with Crippen molar-refractivity contribution >= 4 is 34.5 Å². The first-order chi connectivity index (χ1) is 14.1. The summed E-state index contributed by atoms with van der Waals surface area (Å²) in [7, 11) is 0. The highest BCUT2D eigenvalue weighted by Crippen LogP contribution is 2.49. The lowest BCUT2D eigenvalue weighted by Gasteiger charge is -2.29. The van der Waals surface area contributed by atoms with Crippen molar-refractivity contribution in [2.24, 2.45) is 5.92 Å². The quantitative estimate of drug-likeness (QED) is 0.607. The second kappa shape index (κ2) is 6.83. The van der Waals surface area contributed by atoms with Crippen molar-refractivity contribution < 1.29 is 14.4 Å². The smallest absolute Gasteiger partial charge is 0.266 e. The molecule has 3 atom stereocenters. The molecule has 3 aromatic rings. The minimum Gasteiger partial charge on any atom is -0.273 e. The zero-order valence-electron chi connectivity index (χ0n) is 16.1. The number of nitrogens with zero attached hydrogens (tertiary/aromatic N) is 2. The predicted octanol–water partition coefficient (Wildman–Crippen LogP) is 4.42. The molecule has 3 heterocycles. The second-order valence-electron chi connectivity index (χ2n) is 7.48. The van der Waals surface area contributed by atoms with Gasteiger partial charge in [-0.1, -0.05) is 36.4 Å². The monoisotopic (exact) mass is 404 g/mol. The van der Waals surface area contributed by atoms with E-state index in [1.54, 1.807) is 22.5 Å². The topological polar surface area (TPSA) is 49.9 Å². The fraction of sp³-hybridized carbons (Fsp3) is 0.217. The van der Waals surface area contributed by atoms with Crippen LogP contribution in [0.3, 0.4) is 0 Å². The molecule has 0 radical (unpaired) electrons. The molecule has 2 aromatic carbocycles. The fourth-order valence-corrected chi connectivity index (χ4v) is 5.06. The molecule has 0 bridgehead atoms. The first-order valence-corrected chi connectivity index (χ1v) is 10.4. The highest BCUT2D eigenvalue weighted by atomic mass is 32.1. The molecule has 5 rings (SSSR count). The van der Waals surface area contributed by atoms with E-state index in [0.29, 0.717) is 5.69 Å². The minimum atomic E-state index is -0.824. The van der Waals surface area contributed by atoms with Crippen molar-refractivity contribution in [2.45, 2.75) is 26.0 Å². The summed E-state index contributed by atoms with van der Waals surface area (Å²) in [6.45, 7) is 3.95. The van der Waals surface area contributed by atoms with Crippen LogP contribution in [0.4, 0.5) is 11.4 Å². The van der Waals surface area contributed by atoms with Crippen LogP contribution in [-0.4, -0.2) is 17.9 Å². The number of carbonyl (C=O) groups excluding carboxylic acids is 2. The van der Waals surface area contributed by atoms with Gasteiger partial charge in [-0.05, 0) is 54.6 Å². The summed E-state index contributed by atoms with van der Waals surface area (Å²) in [5.41, 5.74) is 3.51. The van der Waals surface area contributed by atoms with Crippen LogP contribution in [0.15, 0.2) is 66.0 Å². The SMILES string of the molecule is Cc1cccc(N2C(=O)[C@H]3[C@H](ON(c4ccccc4C)[C@H]3c3cccs3)C2=O)c1. The van der Waals surface area contributed by atoms with Gasteiger partial charge in [0.2, 0.25) is 5.91 Å². The second-order valence-corrected chi connectivity index (χ2v) is 8.45. The Morgan fingerprint density at radius 1 is 0.931 bits per heavy atom. The molecule has 0 unspecified atom stereocenters. The zero-order valence-corrected chi connectivity index (χ0v) is 16.9. The van der Waals surface area contributed by atoms with Gasteiger partial charge in [0.15, 0.2) is 6.10 Å². The summed E-state index contributed by atoms with van der Waals surface area (Å²) in [4.78, 5) is 35.2. The lowest BCUT2D eigenvalue weighted by molar-refractivity contribution is -0.126. The molecule has 0 spiro atoms. The van der Waals surface area contributed by atoms with Gasteiger partial charge in [-0.2, -0.15) is 0 Å². The Morgan fingerprint density at radius 2 is 1.76 bits per heavy atom. The van der Waals surface area contributed by atoms with E-state index in [0.717, 1.165) is 21.7 Å². The molecule has 2 aliphatic rings. The van der Waals surface area contributed by atoms with Crippen LogP contribution < -0.4 is 9.96 Å². The van der Waals surface area contributed by atoms with Gasteiger partial charge in [-0.25, -0.2) is 9.96 Å². The van der Waals surface area contributed by atoms with Crippen LogP contribution in [0.5, 0.6) is 0 Å². The Balaban J connectivity index is 1.59. The highest BCUT2D eigenvalue weighted by molar-refractivity contribution is 7.10. The van der Waals surface area contributed by atoms with Crippen LogP contribution in [0.1, 0.15) is 22.0 Å². The number of carbonyl (C=O) groups is 2. The molecule has 2 amide bonds. The van der Waals surface area contributed by atoms with E-state index in [-0.39, 0.29) is 17.9 Å². The molecule has 146 valence electrons. The minimum absolute atomic E-state index is 0.208. The number of hydrogen-bond donors (Lipinski definition) is 0. The predicted molar refractivity (Wildman–Crippen MR) is 113 cm³/mol. The van der Waals surface area contributed by atoms with Gasteiger partial charge in [0, 0.05) is 4.88 Å². The van der Waals surface area contributed by atoms with Crippen LogP contribution in [0, 0.1) is 19.8 Å². The third-order valence-corrected chi connectivity index (χ3v) is 6.51. The first kappa shape index (κ1) is 18.1. The molecular formula is C23H20N2O3S. The Kier molecular flexibility index (Phi) is 4.26. The summed E-state index contributed by atoms with van der Waals surface area (Å²) >= 11 is 1.57. The number of amides is 2. The van der Waals surface area contributed by atoms with Crippen LogP contribution in [0.25, 0.3) is 0 Å². The molecule has 5 nitrogen and oxygen atoms in total. The number of fused-ring (bicyclic) bond motifs is 1. The molecule has 2 fully saturated rings. The van der Waals surface area contributed by atoms with E-state index in [1.807, 2.05) is 73.8 Å². The molecule has 1 aromatic heterocycles. The number of anilines is 2. The summed E-state index contributed by atoms with van der Waals surface area (Å²) in [6.07, 6.45) is -0.824. The Bertz CT molecular complexity index is 1100. The molecular weight excluding hydrogens is 384 g/mol. The van der Waals surface area contributed by atoms with Crippen molar-refractivity contribution in [1.82, 2.24) is 0 Å². The number of thiophene rings is 1. The standard InChI is InChI=1S/C23H20N2O3S/c1-14-7-5-9-16(13-14)24-22(26)19-20(18-11-6-12-29-18)25(28-21(19)23(24)27)17-10-4-3-8-15(17)2/h3-13,19-21H,1-2H3/t19-,20+,21+/m1/s1. The Labute approximate surface area is 173 Å². The maximum absolute atomic E-state index is 13.5. The van der Waals surface area contributed by atoms with Crippen LogP contribution in [-0.2, 0) is 14.4 Å². The third-order valence-electron chi connectivity index (χ3n) is 5.56. The van der Waals surface area contributed by atoms with Gasteiger partial charge >= 0.3 is 0 Å². The maximum atomic E-state index is 13.5. The lowest BCUT2D eigenvalue weighted by atomic mass is 9.95. The maximum Gasteiger partial charge on any atom is 0.266 e. The Morgan fingerprint density at radius 3 is 2.48 bits per heavy atom. The molecule has 0 N–H and O–H groups in total. The van der Waals surface area contributed by atoms with Gasteiger partial charge in [0.25, 0.3) is 5.91 Å². The largest absolute Gasteiger partial charge is 0.273 e. The highest BCUT2D eigenvalue weighted by Gasteiger charge is 2.60. The summed E-state index contributed by atoms with van der Waals surface area (Å²) in [5.74, 6) is -1.09.